The summed E-state index contributed by atoms with van der Waals surface area (Å²) >= 11 is 3.39. The van der Waals surface area contributed by atoms with Gasteiger partial charge in [0.05, 0.1) is 5.56 Å². The topological polar surface area (TPSA) is 52.3 Å². The Labute approximate surface area is 114 Å². The highest BCUT2D eigenvalue weighted by molar-refractivity contribution is 9.10. The lowest BCUT2D eigenvalue weighted by molar-refractivity contribution is 0.0998. The van der Waals surface area contributed by atoms with Crippen LogP contribution >= 0.6 is 15.9 Å². The van der Waals surface area contributed by atoms with Gasteiger partial charge in [-0.2, -0.15) is 0 Å². The monoisotopic (exact) mass is 305 g/mol. The Kier molecular flexibility index (Phi) is 3.67. The number of carbonyl (C=O) groups is 1. The summed E-state index contributed by atoms with van der Waals surface area (Å²) in [4.78, 5) is 11.3. The molecule has 0 aliphatic heterocycles. The molecule has 0 saturated heterocycles. The highest BCUT2D eigenvalue weighted by Crippen LogP contribution is 2.29. The second-order valence-corrected chi connectivity index (χ2v) is 4.79. The second kappa shape index (κ2) is 5.23. The molecule has 0 heterocycles. The van der Waals surface area contributed by atoms with Gasteiger partial charge in [0.15, 0.2) is 0 Å². The average Bonchev–Trinajstić information content (AvgIpc) is 2.34. The number of aryl methyl sites for hydroxylation is 1. The first-order valence-electron chi connectivity index (χ1n) is 5.41. The van der Waals surface area contributed by atoms with Crippen molar-refractivity contribution in [3.63, 3.8) is 0 Å². The van der Waals surface area contributed by atoms with Crippen LogP contribution in [0.25, 0.3) is 0 Å². The summed E-state index contributed by atoms with van der Waals surface area (Å²) in [5, 5.41) is 0. The van der Waals surface area contributed by atoms with Crippen molar-refractivity contribution in [3.05, 3.63) is 58.1 Å². The Morgan fingerprint density at radius 2 is 1.89 bits per heavy atom. The average molecular weight is 306 g/mol. The lowest BCUT2D eigenvalue weighted by Gasteiger charge is -2.11. The molecule has 0 spiro atoms. The maximum Gasteiger partial charge on any atom is 0.252 e. The Hall–Kier alpha value is -1.81. The molecule has 2 aromatic carbocycles. The van der Waals surface area contributed by atoms with Gasteiger partial charge in [-0.1, -0.05) is 34.1 Å². The molecule has 0 unspecified atom stereocenters. The fourth-order valence-corrected chi connectivity index (χ4v) is 1.90. The van der Waals surface area contributed by atoms with Crippen molar-refractivity contribution in [2.45, 2.75) is 6.92 Å². The highest BCUT2D eigenvalue weighted by atomic mass is 79.9. The molecule has 0 fully saturated rings. The minimum absolute atomic E-state index is 0.372. The van der Waals surface area contributed by atoms with Crippen molar-refractivity contribution in [3.8, 4) is 11.5 Å². The predicted molar refractivity (Wildman–Crippen MR) is 73.9 cm³/mol. The lowest BCUT2D eigenvalue weighted by Crippen LogP contribution is -2.12. The first kappa shape index (κ1) is 12.6. The second-order valence-electron chi connectivity index (χ2n) is 3.87. The summed E-state index contributed by atoms with van der Waals surface area (Å²) < 4.78 is 6.67. The fraction of sp³-hybridized carbons (Fsp3) is 0.0714. The Balaban J connectivity index is 2.40. The highest BCUT2D eigenvalue weighted by Gasteiger charge is 2.10. The third kappa shape index (κ3) is 2.71. The number of rotatable bonds is 3. The van der Waals surface area contributed by atoms with Crippen molar-refractivity contribution in [1.29, 1.82) is 0 Å². The largest absolute Gasteiger partial charge is 0.456 e. The number of halogens is 1. The van der Waals surface area contributed by atoms with Gasteiger partial charge in [0.25, 0.3) is 5.91 Å². The van der Waals surface area contributed by atoms with Gasteiger partial charge in [-0.15, -0.1) is 0 Å². The number of benzene rings is 2. The first-order chi connectivity index (χ1) is 8.58. The van der Waals surface area contributed by atoms with Gasteiger partial charge in [0.2, 0.25) is 0 Å². The van der Waals surface area contributed by atoms with E-state index in [2.05, 4.69) is 15.9 Å². The molecule has 0 aliphatic carbocycles. The summed E-state index contributed by atoms with van der Waals surface area (Å²) in [6.45, 7) is 1.94. The van der Waals surface area contributed by atoms with Crippen molar-refractivity contribution in [2.24, 2.45) is 5.73 Å². The van der Waals surface area contributed by atoms with E-state index in [4.69, 9.17) is 10.5 Å². The number of carbonyl (C=O) groups excluding carboxylic acids is 1. The van der Waals surface area contributed by atoms with Crippen molar-refractivity contribution < 1.29 is 9.53 Å². The van der Waals surface area contributed by atoms with Crippen molar-refractivity contribution in [1.82, 2.24) is 0 Å². The molecule has 0 aliphatic rings. The van der Waals surface area contributed by atoms with Crippen LogP contribution in [0.2, 0.25) is 0 Å². The SMILES string of the molecule is Cc1ccc(Br)cc1Oc1ccccc1C(N)=O. The molecule has 0 bridgehead atoms. The standard InChI is InChI=1S/C14H12BrNO2/c1-9-6-7-10(15)8-13(9)18-12-5-3-2-4-11(12)14(16)17/h2-8H,1H3,(H2,16,17). The Morgan fingerprint density at radius 1 is 1.17 bits per heavy atom. The van der Waals surface area contributed by atoms with Gasteiger partial charge in [-0.05, 0) is 36.8 Å². The fourth-order valence-electron chi connectivity index (χ4n) is 1.56. The molecule has 4 heteroatoms. The molecule has 2 rings (SSSR count). The summed E-state index contributed by atoms with van der Waals surface area (Å²) in [5.41, 5.74) is 6.66. The number of amides is 1. The minimum Gasteiger partial charge on any atom is -0.456 e. The van der Waals surface area contributed by atoms with E-state index in [0.29, 0.717) is 17.1 Å². The number of para-hydroxylation sites is 1. The zero-order valence-corrected chi connectivity index (χ0v) is 11.4. The number of hydrogen-bond acceptors (Lipinski definition) is 2. The number of nitrogens with two attached hydrogens (primary N) is 1. The summed E-state index contributed by atoms with van der Waals surface area (Å²) in [7, 11) is 0. The molecule has 92 valence electrons. The molecule has 0 aromatic heterocycles. The van der Waals surface area contributed by atoms with Gasteiger partial charge < -0.3 is 10.5 Å². The van der Waals surface area contributed by atoms with E-state index in [9.17, 15) is 4.79 Å². The smallest absolute Gasteiger partial charge is 0.252 e. The molecule has 18 heavy (non-hydrogen) atoms. The number of ether oxygens (including phenoxy) is 1. The van der Waals surface area contributed by atoms with Crippen LogP contribution in [0.4, 0.5) is 0 Å². The summed E-state index contributed by atoms with van der Waals surface area (Å²) in [6.07, 6.45) is 0. The third-order valence-electron chi connectivity index (χ3n) is 2.52. The van der Waals surface area contributed by atoms with Crippen LogP contribution < -0.4 is 10.5 Å². The Bertz CT molecular complexity index is 596. The molecule has 3 nitrogen and oxygen atoms in total. The third-order valence-corrected chi connectivity index (χ3v) is 3.02. The maximum atomic E-state index is 11.3. The van der Waals surface area contributed by atoms with E-state index in [1.807, 2.05) is 25.1 Å². The molecule has 0 atom stereocenters. The van der Waals surface area contributed by atoms with Gasteiger partial charge in [-0.3, -0.25) is 4.79 Å². The van der Waals surface area contributed by atoms with Gasteiger partial charge in [0.1, 0.15) is 11.5 Å². The Morgan fingerprint density at radius 3 is 2.61 bits per heavy atom. The molecule has 2 N–H and O–H groups in total. The molecule has 0 radical (unpaired) electrons. The van der Waals surface area contributed by atoms with E-state index < -0.39 is 5.91 Å². The normalized spacial score (nSPS) is 10.1. The zero-order valence-electron chi connectivity index (χ0n) is 9.81. The number of hydrogen-bond donors (Lipinski definition) is 1. The number of primary amides is 1. The van der Waals surface area contributed by atoms with Gasteiger partial charge in [0, 0.05) is 4.47 Å². The van der Waals surface area contributed by atoms with E-state index >= 15 is 0 Å². The van der Waals surface area contributed by atoms with E-state index in [-0.39, 0.29) is 0 Å². The molecule has 0 saturated carbocycles. The maximum absolute atomic E-state index is 11.3. The van der Waals surface area contributed by atoms with Crippen LogP contribution in [-0.2, 0) is 0 Å². The van der Waals surface area contributed by atoms with Gasteiger partial charge >= 0.3 is 0 Å². The van der Waals surface area contributed by atoms with Crippen LogP contribution in [0.5, 0.6) is 11.5 Å². The van der Waals surface area contributed by atoms with Crippen LogP contribution in [0.3, 0.4) is 0 Å². The van der Waals surface area contributed by atoms with E-state index in [0.717, 1.165) is 10.0 Å². The van der Waals surface area contributed by atoms with Crippen LogP contribution in [0.1, 0.15) is 15.9 Å². The predicted octanol–water partition coefficient (Wildman–Crippen LogP) is 3.65. The van der Waals surface area contributed by atoms with Crippen molar-refractivity contribution in [2.75, 3.05) is 0 Å². The lowest BCUT2D eigenvalue weighted by atomic mass is 10.2. The summed E-state index contributed by atoms with van der Waals surface area (Å²) in [5.74, 6) is 0.655. The van der Waals surface area contributed by atoms with E-state index in [1.165, 1.54) is 0 Å². The van der Waals surface area contributed by atoms with Crippen LogP contribution in [0.15, 0.2) is 46.9 Å². The molecule has 2 aromatic rings. The van der Waals surface area contributed by atoms with Crippen molar-refractivity contribution >= 4 is 21.8 Å². The first-order valence-corrected chi connectivity index (χ1v) is 6.20. The van der Waals surface area contributed by atoms with Crippen LogP contribution in [-0.4, -0.2) is 5.91 Å². The molecular formula is C14H12BrNO2. The molecule has 1 amide bonds. The van der Waals surface area contributed by atoms with Crippen LogP contribution in [0, 0.1) is 6.92 Å². The molecular weight excluding hydrogens is 294 g/mol. The van der Waals surface area contributed by atoms with E-state index in [1.54, 1.807) is 24.3 Å². The quantitative estimate of drug-likeness (QED) is 0.941. The zero-order chi connectivity index (χ0) is 13.1. The minimum atomic E-state index is -0.502. The summed E-state index contributed by atoms with van der Waals surface area (Å²) in [6, 6.07) is 12.6. The van der Waals surface area contributed by atoms with Gasteiger partial charge in [-0.25, -0.2) is 0 Å².